The third-order valence-electron chi connectivity index (χ3n) is 4.72. The Morgan fingerprint density at radius 1 is 1.35 bits per heavy atom. The van der Waals surface area contributed by atoms with Crippen LogP contribution in [0, 0.1) is 17.2 Å². The Bertz CT molecular complexity index is 554. The molecule has 0 saturated heterocycles. The summed E-state index contributed by atoms with van der Waals surface area (Å²) in [5.41, 5.74) is 6.94. The lowest BCUT2D eigenvalue weighted by molar-refractivity contribution is 0.0271. The number of fused-ring (bicyclic) bond motifs is 2. The molecule has 0 spiro atoms. The summed E-state index contributed by atoms with van der Waals surface area (Å²) < 4.78 is 6.12. The minimum absolute atomic E-state index is 0.0467. The van der Waals surface area contributed by atoms with Gasteiger partial charge in [-0.05, 0) is 50.2 Å². The molecule has 1 aromatic rings. The predicted molar refractivity (Wildman–Crippen MR) is 78.7 cm³/mol. The van der Waals surface area contributed by atoms with Gasteiger partial charge in [-0.15, -0.1) is 0 Å². The molecule has 2 bridgehead atoms. The molecule has 3 nitrogen and oxygen atoms in total. The van der Waals surface area contributed by atoms with Crippen LogP contribution in [0.2, 0.25) is 5.02 Å². The number of benzene rings is 1. The first-order valence-corrected chi connectivity index (χ1v) is 7.63. The molecule has 2 fully saturated rings. The van der Waals surface area contributed by atoms with Crippen LogP contribution in [0.5, 0.6) is 5.75 Å². The Balaban J connectivity index is 1.72. The van der Waals surface area contributed by atoms with E-state index in [-0.39, 0.29) is 11.6 Å². The molecule has 2 aliphatic rings. The molecule has 1 aromatic carbocycles. The average Bonchev–Trinajstić information content (AvgIpc) is 2.42. The number of nitrogens with two attached hydrogens (primary N) is 1. The van der Waals surface area contributed by atoms with E-state index in [1.807, 2.05) is 6.07 Å². The molecule has 0 aliphatic heterocycles. The van der Waals surface area contributed by atoms with E-state index in [4.69, 9.17) is 27.3 Å². The maximum absolute atomic E-state index is 8.89. The molecule has 0 aromatic heterocycles. The maximum atomic E-state index is 8.89. The molecule has 0 heterocycles. The van der Waals surface area contributed by atoms with Gasteiger partial charge in [0.05, 0.1) is 10.6 Å². The number of hydrogen-bond acceptors (Lipinski definition) is 3. The lowest BCUT2D eigenvalue weighted by Crippen LogP contribution is -2.52. The fourth-order valence-corrected chi connectivity index (χ4v) is 3.85. The van der Waals surface area contributed by atoms with Crippen molar-refractivity contribution in [1.29, 1.82) is 5.26 Å². The third-order valence-corrected chi connectivity index (χ3v) is 5.03. The van der Waals surface area contributed by atoms with Crippen LogP contribution in [0.3, 0.4) is 0 Å². The Kier molecular flexibility index (Phi) is 3.62. The fraction of sp³-hybridized carbons (Fsp3) is 0.562. The second kappa shape index (κ2) is 5.27. The minimum Gasteiger partial charge on any atom is -0.490 e. The van der Waals surface area contributed by atoms with Gasteiger partial charge in [-0.2, -0.15) is 5.26 Å². The topological polar surface area (TPSA) is 59.0 Å². The van der Waals surface area contributed by atoms with Crippen molar-refractivity contribution in [3.63, 3.8) is 0 Å². The Hall–Kier alpha value is -1.24. The number of nitrogens with zero attached hydrogens (tertiary/aromatic N) is 1. The third kappa shape index (κ3) is 2.63. The zero-order chi connectivity index (χ0) is 14.2. The van der Waals surface area contributed by atoms with Crippen molar-refractivity contribution < 1.29 is 4.74 Å². The Morgan fingerprint density at radius 2 is 2.20 bits per heavy atom. The van der Waals surface area contributed by atoms with Crippen LogP contribution in [-0.4, -0.2) is 11.6 Å². The van der Waals surface area contributed by atoms with Gasteiger partial charge in [-0.3, -0.25) is 0 Å². The molecular formula is C16H19ClN2O. The van der Waals surface area contributed by atoms with E-state index in [0.717, 1.165) is 31.4 Å². The Morgan fingerprint density at radius 3 is 2.95 bits per heavy atom. The zero-order valence-corrected chi connectivity index (χ0v) is 12.2. The molecule has 20 heavy (non-hydrogen) atoms. The first-order chi connectivity index (χ1) is 9.59. The maximum Gasteiger partial charge on any atom is 0.121 e. The van der Waals surface area contributed by atoms with E-state index in [9.17, 15) is 0 Å². The van der Waals surface area contributed by atoms with Crippen LogP contribution >= 0.6 is 11.6 Å². The SMILES string of the molecule is N#Cc1ccc(OC2CCC3(N)CCCC2C3)cc1Cl. The van der Waals surface area contributed by atoms with Crippen molar-refractivity contribution in [1.82, 2.24) is 0 Å². The summed E-state index contributed by atoms with van der Waals surface area (Å²) >= 11 is 6.05. The van der Waals surface area contributed by atoms with Gasteiger partial charge in [0.25, 0.3) is 0 Å². The van der Waals surface area contributed by atoms with E-state index >= 15 is 0 Å². The number of halogens is 1. The van der Waals surface area contributed by atoms with Gasteiger partial charge in [0.15, 0.2) is 0 Å². The van der Waals surface area contributed by atoms with E-state index in [2.05, 4.69) is 6.07 Å². The average molecular weight is 291 g/mol. The van der Waals surface area contributed by atoms with Gasteiger partial charge >= 0.3 is 0 Å². The number of nitriles is 1. The normalized spacial score (nSPS) is 32.5. The van der Waals surface area contributed by atoms with Crippen LogP contribution in [0.4, 0.5) is 0 Å². The van der Waals surface area contributed by atoms with E-state index < -0.39 is 0 Å². The predicted octanol–water partition coefficient (Wildman–Crippen LogP) is 3.64. The van der Waals surface area contributed by atoms with Crippen LogP contribution in [0.1, 0.15) is 44.1 Å². The quantitative estimate of drug-likeness (QED) is 0.904. The fourth-order valence-electron chi connectivity index (χ4n) is 3.64. The number of hydrogen-bond donors (Lipinski definition) is 1. The number of rotatable bonds is 2. The lowest BCUT2D eigenvalue weighted by Gasteiger charge is -2.46. The molecular weight excluding hydrogens is 272 g/mol. The summed E-state index contributed by atoms with van der Waals surface area (Å²) in [6, 6.07) is 7.35. The summed E-state index contributed by atoms with van der Waals surface area (Å²) in [5.74, 6) is 1.31. The van der Waals surface area contributed by atoms with Gasteiger partial charge in [-0.25, -0.2) is 0 Å². The molecule has 0 amide bonds. The van der Waals surface area contributed by atoms with Gasteiger partial charge in [0.1, 0.15) is 17.9 Å². The Labute approximate surface area is 124 Å². The molecule has 3 rings (SSSR count). The van der Waals surface area contributed by atoms with Gasteiger partial charge in [0.2, 0.25) is 0 Å². The molecule has 3 unspecified atom stereocenters. The van der Waals surface area contributed by atoms with E-state index in [1.54, 1.807) is 12.1 Å². The molecule has 2 saturated carbocycles. The number of ether oxygens (including phenoxy) is 1. The smallest absolute Gasteiger partial charge is 0.121 e. The van der Waals surface area contributed by atoms with Crippen LogP contribution in [-0.2, 0) is 0 Å². The highest BCUT2D eigenvalue weighted by Crippen LogP contribution is 2.42. The van der Waals surface area contributed by atoms with E-state index in [0.29, 0.717) is 16.5 Å². The van der Waals surface area contributed by atoms with Gasteiger partial charge in [-0.1, -0.05) is 18.0 Å². The van der Waals surface area contributed by atoms with Gasteiger partial charge in [0, 0.05) is 11.6 Å². The molecule has 3 atom stereocenters. The van der Waals surface area contributed by atoms with Crippen molar-refractivity contribution in [3.8, 4) is 11.8 Å². The van der Waals surface area contributed by atoms with Crippen molar-refractivity contribution in [2.24, 2.45) is 11.7 Å². The molecule has 2 N–H and O–H groups in total. The first-order valence-electron chi connectivity index (χ1n) is 7.25. The van der Waals surface area contributed by atoms with Crippen molar-refractivity contribution in [2.75, 3.05) is 0 Å². The molecule has 4 heteroatoms. The largest absolute Gasteiger partial charge is 0.490 e. The summed E-state index contributed by atoms with van der Waals surface area (Å²) in [5, 5.41) is 9.34. The minimum atomic E-state index is 0.0467. The molecule has 2 aliphatic carbocycles. The standard InChI is InChI=1S/C16H19ClN2O/c17-14-8-13(4-3-12(14)10-18)20-15-5-7-16(19)6-1-2-11(15)9-16/h3-4,8,11,15H,1-2,5-7,9,19H2. The zero-order valence-electron chi connectivity index (χ0n) is 11.4. The van der Waals surface area contributed by atoms with Crippen molar-refractivity contribution >= 4 is 11.6 Å². The highest BCUT2D eigenvalue weighted by molar-refractivity contribution is 6.31. The van der Waals surface area contributed by atoms with Crippen LogP contribution < -0.4 is 10.5 Å². The van der Waals surface area contributed by atoms with Crippen molar-refractivity contribution in [2.45, 2.75) is 50.2 Å². The lowest BCUT2D eigenvalue weighted by atomic mass is 9.66. The summed E-state index contributed by atoms with van der Waals surface area (Å²) in [7, 11) is 0. The van der Waals surface area contributed by atoms with E-state index in [1.165, 1.54) is 12.8 Å². The second-order valence-corrected chi connectivity index (χ2v) is 6.57. The van der Waals surface area contributed by atoms with Crippen LogP contribution in [0.15, 0.2) is 18.2 Å². The van der Waals surface area contributed by atoms with Gasteiger partial charge < -0.3 is 10.5 Å². The van der Waals surface area contributed by atoms with Crippen molar-refractivity contribution in [3.05, 3.63) is 28.8 Å². The summed E-state index contributed by atoms with van der Waals surface area (Å²) in [6.07, 6.45) is 6.91. The monoisotopic (exact) mass is 290 g/mol. The summed E-state index contributed by atoms with van der Waals surface area (Å²) in [6.45, 7) is 0. The highest BCUT2D eigenvalue weighted by atomic mass is 35.5. The molecule has 0 radical (unpaired) electrons. The molecule has 106 valence electrons. The first kappa shape index (κ1) is 13.7. The summed E-state index contributed by atoms with van der Waals surface area (Å²) in [4.78, 5) is 0. The van der Waals surface area contributed by atoms with Crippen LogP contribution in [0.25, 0.3) is 0 Å². The second-order valence-electron chi connectivity index (χ2n) is 6.17. The highest BCUT2D eigenvalue weighted by Gasteiger charge is 2.41.